The van der Waals surface area contributed by atoms with Gasteiger partial charge in [0, 0.05) is 25.7 Å². The molecular weight excluding hydrogens is 252 g/mol. The topological polar surface area (TPSA) is 47.7 Å². The lowest BCUT2D eigenvalue weighted by atomic mass is 10.0. The molecule has 3 unspecified atom stereocenters. The summed E-state index contributed by atoms with van der Waals surface area (Å²) in [5.41, 5.74) is 7.22. The van der Waals surface area contributed by atoms with Crippen LogP contribution < -0.4 is 15.2 Å². The summed E-state index contributed by atoms with van der Waals surface area (Å²) in [6, 6.07) is 6.35. The Bertz CT molecular complexity index is 440. The first-order chi connectivity index (χ1) is 9.60. The van der Waals surface area contributed by atoms with Crippen molar-refractivity contribution >= 4 is 0 Å². The predicted octanol–water partition coefficient (Wildman–Crippen LogP) is 2.29. The molecule has 0 bridgehead atoms. The summed E-state index contributed by atoms with van der Waals surface area (Å²) in [6.07, 6.45) is 0. The van der Waals surface area contributed by atoms with Gasteiger partial charge in [-0.15, -0.1) is 0 Å². The molecule has 3 atom stereocenters. The Morgan fingerprint density at radius 1 is 1.15 bits per heavy atom. The van der Waals surface area contributed by atoms with Gasteiger partial charge >= 0.3 is 0 Å². The lowest BCUT2D eigenvalue weighted by molar-refractivity contribution is 0.239. The molecule has 112 valence electrons. The summed E-state index contributed by atoms with van der Waals surface area (Å²) >= 11 is 0. The quantitative estimate of drug-likeness (QED) is 0.898. The van der Waals surface area contributed by atoms with Crippen LogP contribution in [0, 0.1) is 11.8 Å². The number of rotatable bonds is 5. The molecule has 1 aromatic rings. The number of ether oxygens (including phenoxy) is 2. The SMILES string of the molecule is COc1ccc(C(CN)N2CC(C)C(C)C2)cc1OC. The van der Waals surface area contributed by atoms with Gasteiger partial charge in [-0.3, -0.25) is 4.90 Å². The zero-order valence-corrected chi connectivity index (χ0v) is 12.9. The van der Waals surface area contributed by atoms with Crippen molar-refractivity contribution in [3.05, 3.63) is 23.8 Å². The molecule has 1 aromatic carbocycles. The second-order valence-electron chi connectivity index (χ2n) is 5.77. The molecule has 0 aliphatic carbocycles. The molecule has 0 aromatic heterocycles. The summed E-state index contributed by atoms with van der Waals surface area (Å²) in [6.45, 7) is 7.46. The summed E-state index contributed by atoms with van der Waals surface area (Å²) in [5.74, 6) is 2.98. The van der Waals surface area contributed by atoms with E-state index in [1.807, 2.05) is 12.1 Å². The monoisotopic (exact) mass is 278 g/mol. The van der Waals surface area contributed by atoms with Crippen LogP contribution in [0.5, 0.6) is 11.5 Å². The third-order valence-corrected chi connectivity index (χ3v) is 4.47. The summed E-state index contributed by atoms with van der Waals surface area (Å²) < 4.78 is 10.7. The van der Waals surface area contributed by atoms with Crippen molar-refractivity contribution in [2.24, 2.45) is 17.6 Å². The first kappa shape index (κ1) is 15.1. The molecule has 4 heteroatoms. The van der Waals surface area contributed by atoms with Crippen molar-refractivity contribution < 1.29 is 9.47 Å². The van der Waals surface area contributed by atoms with Crippen LogP contribution in [-0.4, -0.2) is 38.8 Å². The van der Waals surface area contributed by atoms with Gasteiger partial charge in [0.1, 0.15) is 0 Å². The number of methoxy groups -OCH3 is 2. The highest BCUT2D eigenvalue weighted by molar-refractivity contribution is 5.44. The number of hydrogen-bond acceptors (Lipinski definition) is 4. The Labute approximate surface area is 121 Å². The maximum absolute atomic E-state index is 6.02. The summed E-state index contributed by atoms with van der Waals surface area (Å²) in [4.78, 5) is 2.48. The van der Waals surface area contributed by atoms with E-state index in [9.17, 15) is 0 Å². The number of nitrogens with two attached hydrogens (primary N) is 1. The van der Waals surface area contributed by atoms with Gasteiger partial charge in [-0.05, 0) is 29.5 Å². The van der Waals surface area contributed by atoms with Crippen molar-refractivity contribution in [1.82, 2.24) is 4.90 Å². The molecule has 0 spiro atoms. The molecule has 0 amide bonds. The largest absolute Gasteiger partial charge is 0.493 e. The number of benzene rings is 1. The van der Waals surface area contributed by atoms with Crippen LogP contribution in [0.1, 0.15) is 25.5 Å². The van der Waals surface area contributed by atoms with Gasteiger partial charge in [-0.25, -0.2) is 0 Å². The van der Waals surface area contributed by atoms with Crippen LogP contribution in [0.15, 0.2) is 18.2 Å². The molecule has 1 saturated heterocycles. The van der Waals surface area contributed by atoms with Crippen LogP contribution in [0.2, 0.25) is 0 Å². The molecular formula is C16H26N2O2. The van der Waals surface area contributed by atoms with Gasteiger partial charge in [0.05, 0.1) is 14.2 Å². The van der Waals surface area contributed by atoms with Crippen molar-refractivity contribution in [2.45, 2.75) is 19.9 Å². The molecule has 0 saturated carbocycles. The molecule has 2 N–H and O–H groups in total. The van der Waals surface area contributed by atoms with Crippen LogP contribution in [0.3, 0.4) is 0 Å². The Morgan fingerprint density at radius 2 is 1.75 bits per heavy atom. The fourth-order valence-corrected chi connectivity index (χ4v) is 2.98. The van der Waals surface area contributed by atoms with E-state index in [0.29, 0.717) is 6.54 Å². The fourth-order valence-electron chi connectivity index (χ4n) is 2.98. The maximum Gasteiger partial charge on any atom is 0.161 e. The lowest BCUT2D eigenvalue weighted by Gasteiger charge is -2.27. The Balaban J connectivity index is 2.23. The van der Waals surface area contributed by atoms with Crippen LogP contribution in [-0.2, 0) is 0 Å². The van der Waals surface area contributed by atoms with Gasteiger partial charge in [0.15, 0.2) is 11.5 Å². The predicted molar refractivity (Wildman–Crippen MR) is 81.2 cm³/mol. The van der Waals surface area contributed by atoms with Crippen molar-refractivity contribution in [3.63, 3.8) is 0 Å². The lowest BCUT2D eigenvalue weighted by Crippen LogP contribution is -2.32. The third-order valence-electron chi connectivity index (χ3n) is 4.47. The highest BCUT2D eigenvalue weighted by Crippen LogP contribution is 2.34. The van der Waals surface area contributed by atoms with Gasteiger partial charge in [-0.2, -0.15) is 0 Å². The zero-order valence-electron chi connectivity index (χ0n) is 12.9. The van der Waals surface area contributed by atoms with E-state index >= 15 is 0 Å². The second-order valence-corrected chi connectivity index (χ2v) is 5.77. The first-order valence-electron chi connectivity index (χ1n) is 7.26. The molecule has 1 heterocycles. The van der Waals surface area contributed by atoms with Crippen LogP contribution in [0.4, 0.5) is 0 Å². The average Bonchev–Trinajstić information content (AvgIpc) is 2.79. The van der Waals surface area contributed by atoms with E-state index in [-0.39, 0.29) is 6.04 Å². The first-order valence-corrected chi connectivity index (χ1v) is 7.26. The molecule has 20 heavy (non-hydrogen) atoms. The van der Waals surface area contributed by atoms with Gasteiger partial charge in [-0.1, -0.05) is 19.9 Å². The van der Waals surface area contributed by atoms with E-state index in [4.69, 9.17) is 15.2 Å². The minimum Gasteiger partial charge on any atom is -0.493 e. The Hall–Kier alpha value is -1.26. The maximum atomic E-state index is 6.02. The Morgan fingerprint density at radius 3 is 2.25 bits per heavy atom. The summed E-state index contributed by atoms with van der Waals surface area (Å²) in [7, 11) is 3.32. The molecule has 4 nitrogen and oxygen atoms in total. The average molecular weight is 278 g/mol. The standard InChI is InChI=1S/C16H26N2O2/c1-11-9-18(10-12(11)2)14(8-17)13-5-6-15(19-3)16(7-13)20-4/h5-7,11-12,14H,8-10,17H2,1-4H3. The minimum absolute atomic E-state index is 0.252. The minimum atomic E-state index is 0.252. The van der Waals surface area contributed by atoms with Crippen molar-refractivity contribution in [2.75, 3.05) is 33.9 Å². The van der Waals surface area contributed by atoms with E-state index in [1.165, 1.54) is 5.56 Å². The molecule has 0 radical (unpaired) electrons. The van der Waals surface area contributed by atoms with E-state index in [1.54, 1.807) is 14.2 Å². The second kappa shape index (κ2) is 6.46. The highest BCUT2D eigenvalue weighted by atomic mass is 16.5. The number of nitrogens with zero attached hydrogens (tertiary/aromatic N) is 1. The number of hydrogen-bond donors (Lipinski definition) is 1. The molecule has 1 aliphatic heterocycles. The van der Waals surface area contributed by atoms with Crippen molar-refractivity contribution in [1.29, 1.82) is 0 Å². The smallest absolute Gasteiger partial charge is 0.161 e. The third kappa shape index (κ3) is 2.91. The summed E-state index contributed by atoms with van der Waals surface area (Å²) in [5, 5.41) is 0. The molecule has 1 fully saturated rings. The van der Waals surface area contributed by atoms with Gasteiger partial charge in [0.2, 0.25) is 0 Å². The zero-order chi connectivity index (χ0) is 14.7. The van der Waals surface area contributed by atoms with E-state index in [0.717, 1.165) is 36.4 Å². The van der Waals surface area contributed by atoms with Crippen molar-refractivity contribution in [3.8, 4) is 11.5 Å². The fraction of sp³-hybridized carbons (Fsp3) is 0.625. The van der Waals surface area contributed by atoms with E-state index < -0.39 is 0 Å². The van der Waals surface area contributed by atoms with Gasteiger partial charge in [0.25, 0.3) is 0 Å². The Kier molecular flexibility index (Phi) is 4.89. The van der Waals surface area contributed by atoms with Crippen LogP contribution in [0.25, 0.3) is 0 Å². The van der Waals surface area contributed by atoms with Gasteiger partial charge < -0.3 is 15.2 Å². The highest BCUT2D eigenvalue weighted by Gasteiger charge is 2.31. The molecule has 2 rings (SSSR count). The molecule has 1 aliphatic rings. The van der Waals surface area contributed by atoms with Crippen LogP contribution >= 0.6 is 0 Å². The number of likely N-dealkylation sites (tertiary alicyclic amines) is 1. The van der Waals surface area contributed by atoms with E-state index in [2.05, 4.69) is 24.8 Å². The normalized spacial score (nSPS) is 24.6.